The van der Waals surface area contributed by atoms with Gasteiger partial charge in [-0.05, 0) is 37.2 Å². The third-order valence-corrected chi connectivity index (χ3v) is 3.22. The summed E-state index contributed by atoms with van der Waals surface area (Å²) < 4.78 is 10.0. The van der Waals surface area contributed by atoms with E-state index < -0.39 is 11.9 Å². The molecule has 0 saturated carbocycles. The first-order valence-corrected chi connectivity index (χ1v) is 8.13. The molecule has 0 aliphatic carbocycles. The molecule has 0 aromatic heterocycles. The highest BCUT2D eigenvalue weighted by molar-refractivity contribution is 5.91. The van der Waals surface area contributed by atoms with Crippen LogP contribution in [0.3, 0.4) is 0 Å². The first-order valence-electron chi connectivity index (χ1n) is 8.13. The van der Waals surface area contributed by atoms with Crippen molar-refractivity contribution in [2.45, 2.75) is 39.5 Å². The molecule has 0 N–H and O–H groups in total. The highest BCUT2D eigenvalue weighted by Gasteiger charge is 2.02. The van der Waals surface area contributed by atoms with Crippen molar-refractivity contribution in [3.05, 3.63) is 48.0 Å². The van der Waals surface area contributed by atoms with E-state index in [1.807, 2.05) is 30.3 Å². The molecule has 126 valence electrons. The molecule has 23 heavy (non-hydrogen) atoms. The van der Waals surface area contributed by atoms with Crippen molar-refractivity contribution in [1.29, 1.82) is 0 Å². The fourth-order valence-electron chi connectivity index (χ4n) is 1.99. The summed E-state index contributed by atoms with van der Waals surface area (Å²) in [6.07, 6.45) is 5.70. The average Bonchev–Trinajstić information content (AvgIpc) is 2.54. The Bertz CT molecular complexity index is 491. The first kappa shape index (κ1) is 18.9. The maximum atomic E-state index is 11.5. The van der Waals surface area contributed by atoms with Gasteiger partial charge >= 0.3 is 11.9 Å². The summed E-state index contributed by atoms with van der Waals surface area (Å²) in [7, 11) is 0. The Morgan fingerprint density at radius 3 is 2.09 bits per heavy atom. The van der Waals surface area contributed by atoms with E-state index >= 15 is 0 Å². The van der Waals surface area contributed by atoms with Gasteiger partial charge in [0, 0.05) is 12.2 Å². The Morgan fingerprint density at radius 1 is 0.957 bits per heavy atom. The van der Waals surface area contributed by atoms with Crippen LogP contribution in [-0.2, 0) is 25.5 Å². The van der Waals surface area contributed by atoms with Crippen LogP contribution in [0.15, 0.2) is 42.5 Å². The molecule has 0 atom stereocenters. The average molecular weight is 318 g/mol. The van der Waals surface area contributed by atoms with E-state index in [1.54, 1.807) is 0 Å². The van der Waals surface area contributed by atoms with E-state index in [-0.39, 0.29) is 0 Å². The molecule has 0 unspecified atom stereocenters. The van der Waals surface area contributed by atoms with E-state index in [2.05, 4.69) is 13.8 Å². The number of benzene rings is 1. The first-order chi connectivity index (χ1) is 11.1. The van der Waals surface area contributed by atoms with Crippen LogP contribution < -0.4 is 0 Å². The Kier molecular flexibility index (Phi) is 9.45. The van der Waals surface area contributed by atoms with E-state index in [9.17, 15) is 9.59 Å². The maximum absolute atomic E-state index is 11.5. The zero-order valence-corrected chi connectivity index (χ0v) is 14.0. The van der Waals surface area contributed by atoms with Gasteiger partial charge in [-0.3, -0.25) is 0 Å². The Morgan fingerprint density at radius 2 is 1.52 bits per heavy atom. The van der Waals surface area contributed by atoms with Crippen LogP contribution in [0.5, 0.6) is 0 Å². The van der Waals surface area contributed by atoms with Crippen LogP contribution in [0, 0.1) is 5.92 Å². The predicted molar refractivity (Wildman–Crippen MR) is 89.9 cm³/mol. The quantitative estimate of drug-likeness (QED) is 0.375. The molecule has 0 bridgehead atoms. The molecule has 4 heteroatoms. The largest absolute Gasteiger partial charge is 0.463 e. The van der Waals surface area contributed by atoms with Crippen LogP contribution in [0.2, 0.25) is 0 Å². The van der Waals surface area contributed by atoms with Gasteiger partial charge in [0.15, 0.2) is 0 Å². The third-order valence-electron chi connectivity index (χ3n) is 3.22. The van der Waals surface area contributed by atoms with Gasteiger partial charge in [0.2, 0.25) is 0 Å². The SMILES string of the molecule is CC(C)CCCOC(=O)/C=C/C(=O)OCCCc1ccccc1. The summed E-state index contributed by atoms with van der Waals surface area (Å²) in [5, 5.41) is 0. The minimum absolute atomic E-state index is 0.335. The number of aryl methyl sites for hydroxylation is 1. The van der Waals surface area contributed by atoms with Crippen molar-refractivity contribution < 1.29 is 19.1 Å². The standard InChI is InChI=1S/C19H26O4/c1-16(2)8-6-14-22-18(20)12-13-19(21)23-15-7-11-17-9-4-3-5-10-17/h3-5,9-10,12-13,16H,6-8,11,14-15H2,1-2H3/b13-12+. The zero-order valence-electron chi connectivity index (χ0n) is 14.0. The lowest BCUT2D eigenvalue weighted by atomic mass is 10.1. The number of ether oxygens (including phenoxy) is 2. The van der Waals surface area contributed by atoms with Gasteiger partial charge in [-0.25, -0.2) is 9.59 Å². The lowest BCUT2D eigenvalue weighted by Crippen LogP contribution is -2.07. The van der Waals surface area contributed by atoms with Gasteiger partial charge in [-0.2, -0.15) is 0 Å². The van der Waals surface area contributed by atoms with Crippen molar-refractivity contribution in [3.8, 4) is 0 Å². The number of carbonyl (C=O) groups is 2. The molecule has 0 amide bonds. The molecule has 0 saturated heterocycles. The third kappa shape index (κ3) is 10.3. The Labute approximate surface area is 138 Å². The van der Waals surface area contributed by atoms with E-state index in [1.165, 1.54) is 5.56 Å². The summed E-state index contributed by atoms with van der Waals surface area (Å²) in [5.74, 6) is -0.428. The van der Waals surface area contributed by atoms with Crippen molar-refractivity contribution >= 4 is 11.9 Å². The topological polar surface area (TPSA) is 52.6 Å². The van der Waals surface area contributed by atoms with Crippen molar-refractivity contribution in [2.75, 3.05) is 13.2 Å². The molecule has 0 aliphatic heterocycles. The number of esters is 2. The van der Waals surface area contributed by atoms with Crippen LogP contribution in [0.1, 0.15) is 38.7 Å². The summed E-state index contributed by atoms with van der Waals surface area (Å²) in [4.78, 5) is 22.9. The van der Waals surface area contributed by atoms with Crippen LogP contribution in [0.4, 0.5) is 0 Å². The fourth-order valence-corrected chi connectivity index (χ4v) is 1.99. The zero-order chi connectivity index (χ0) is 16.9. The summed E-state index contributed by atoms with van der Waals surface area (Å²) in [5.41, 5.74) is 1.21. The second-order valence-electron chi connectivity index (χ2n) is 5.79. The molecular formula is C19H26O4. The van der Waals surface area contributed by atoms with E-state index in [0.29, 0.717) is 19.1 Å². The van der Waals surface area contributed by atoms with Gasteiger partial charge in [0.1, 0.15) is 0 Å². The molecule has 1 aromatic carbocycles. The number of carbonyl (C=O) groups excluding carboxylic acids is 2. The van der Waals surface area contributed by atoms with Crippen molar-refractivity contribution in [1.82, 2.24) is 0 Å². The predicted octanol–water partition coefficient (Wildman–Crippen LogP) is 3.70. The van der Waals surface area contributed by atoms with Crippen molar-refractivity contribution in [2.24, 2.45) is 5.92 Å². The van der Waals surface area contributed by atoms with Crippen LogP contribution in [-0.4, -0.2) is 25.2 Å². The number of hydrogen-bond donors (Lipinski definition) is 0. The van der Waals surface area contributed by atoms with Gasteiger partial charge in [-0.15, -0.1) is 0 Å². The second kappa shape index (κ2) is 11.5. The lowest BCUT2D eigenvalue weighted by Gasteiger charge is -2.04. The highest BCUT2D eigenvalue weighted by Crippen LogP contribution is 2.04. The van der Waals surface area contributed by atoms with Crippen LogP contribution >= 0.6 is 0 Å². The van der Waals surface area contributed by atoms with Gasteiger partial charge < -0.3 is 9.47 Å². The summed E-state index contributed by atoms with van der Waals surface area (Å²) in [6.45, 7) is 4.96. The minimum atomic E-state index is -0.516. The second-order valence-corrected chi connectivity index (χ2v) is 5.79. The maximum Gasteiger partial charge on any atom is 0.331 e. The fraction of sp³-hybridized carbons (Fsp3) is 0.474. The van der Waals surface area contributed by atoms with Gasteiger partial charge in [-0.1, -0.05) is 44.2 Å². The van der Waals surface area contributed by atoms with E-state index in [4.69, 9.17) is 9.47 Å². The Hall–Kier alpha value is -2.10. The molecule has 0 radical (unpaired) electrons. The minimum Gasteiger partial charge on any atom is -0.463 e. The smallest absolute Gasteiger partial charge is 0.331 e. The molecule has 0 spiro atoms. The van der Waals surface area contributed by atoms with Crippen molar-refractivity contribution in [3.63, 3.8) is 0 Å². The monoisotopic (exact) mass is 318 g/mol. The van der Waals surface area contributed by atoms with E-state index in [0.717, 1.165) is 37.8 Å². The Balaban J connectivity index is 2.09. The molecule has 1 aromatic rings. The summed E-state index contributed by atoms with van der Waals surface area (Å²) >= 11 is 0. The number of hydrogen-bond acceptors (Lipinski definition) is 4. The normalized spacial score (nSPS) is 10.9. The molecule has 0 heterocycles. The molecular weight excluding hydrogens is 292 g/mol. The van der Waals surface area contributed by atoms with Gasteiger partial charge in [0.25, 0.3) is 0 Å². The molecule has 0 fully saturated rings. The molecule has 1 rings (SSSR count). The number of rotatable bonds is 10. The lowest BCUT2D eigenvalue weighted by molar-refractivity contribution is -0.140. The highest BCUT2D eigenvalue weighted by atomic mass is 16.5. The van der Waals surface area contributed by atoms with Gasteiger partial charge in [0.05, 0.1) is 13.2 Å². The van der Waals surface area contributed by atoms with Crippen LogP contribution in [0.25, 0.3) is 0 Å². The molecule has 0 aliphatic rings. The molecule has 4 nitrogen and oxygen atoms in total. The summed E-state index contributed by atoms with van der Waals surface area (Å²) in [6, 6.07) is 10.0.